The molecule has 0 spiro atoms. The third-order valence-corrected chi connectivity index (χ3v) is 3.95. The largest absolute Gasteiger partial charge is 0.468 e. The van der Waals surface area contributed by atoms with Crippen molar-refractivity contribution in [3.05, 3.63) is 78.5 Å². The van der Waals surface area contributed by atoms with Crippen molar-refractivity contribution in [1.29, 1.82) is 0 Å². The van der Waals surface area contributed by atoms with Gasteiger partial charge in [0.05, 0.1) is 6.61 Å². The zero-order valence-corrected chi connectivity index (χ0v) is 17.6. The maximum atomic E-state index is 9.18. The molecule has 1 aliphatic carbocycles. The molecule has 29 heavy (non-hydrogen) atoms. The summed E-state index contributed by atoms with van der Waals surface area (Å²) in [5.41, 5.74) is 3.13. The first-order chi connectivity index (χ1) is 14.2. The van der Waals surface area contributed by atoms with Crippen LogP contribution in [0, 0.1) is 6.92 Å². The number of benzene rings is 1. The first-order valence-electron chi connectivity index (χ1n) is 9.76. The summed E-state index contributed by atoms with van der Waals surface area (Å²) in [6, 6.07) is 10.00. The van der Waals surface area contributed by atoms with Crippen molar-refractivity contribution >= 4 is 12.3 Å². The number of aryl methyl sites for hydroxylation is 1. The molecule has 1 N–H and O–H groups in total. The van der Waals surface area contributed by atoms with Crippen molar-refractivity contribution < 1.29 is 9.53 Å². The van der Waals surface area contributed by atoms with E-state index < -0.39 is 0 Å². The van der Waals surface area contributed by atoms with Crippen molar-refractivity contribution in [1.82, 2.24) is 9.97 Å². The first-order valence-corrected chi connectivity index (χ1v) is 9.76. The summed E-state index contributed by atoms with van der Waals surface area (Å²) >= 11 is 0. The van der Waals surface area contributed by atoms with Crippen LogP contribution in [0.4, 0.5) is 5.82 Å². The van der Waals surface area contributed by atoms with E-state index in [1.165, 1.54) is 12.8 Å². The first kappa shape index (κ1) is 23.8. The molecule has 1 aromatic carbocycles. The monoisotopic (exact) mass is 393 g/mol. The molecule has 5 heteroatoms. The smallest absolute Gasteiger partial charge is 0.293 e. The quantitative estimate of drug-likeness (QED) is 0.533. The summed E-state index contributed by atoms with van der Waals surface area (Å²) in [4.78, 5) is 18.3. The number of carbonyl (C=O) groups is 1. The Balaban J connectivity index is 0.000000312. The zero-order valence-electron chi connectivity index (χ0n) is 17.6. The third-order valence-electron chi connectivity index (χ3n) is 3.95. The Hall–Kier alpha value is -3.21. The highest BCUT2D eigenvalue weighted by atomic mass is 16.5. The minimum Gasteiger partial charge on any atom is -0.468 e. The molecule has 1 heterocycles. The van der Waals surface area contributed by atoms with E-state index in [1.54, 1.807) is 6.92 Å². The minimum absolute atomic E-state index is 0.431. The van der Waals surface area contributed by atoms with Gasteiger partial charge >= 0.3 is 0 Å². The Morgan fingerprint density at radius 1 is 1.14 bits per heavy atom. The lowest BCUT2D eigenvalue weighted by Gasteiger charge is -2.11. The highest BCUT2D eigenvalue weighted by Crippen LogP contribution is 2.22. The van der Waals surface area contributed by atoms with E-state index in [9.17, 15) is 4.79 Å². The molecule has 1 aromatic heterocycles. The van der Waals surface area contributed by atoms with Gasteiger partial charge in [-0.3, -0.25) is 4.79 Å². The van der Waals surface area contributed by atoms with Crippen LogP contribution in [0.2, 0.25) is 0 Å². The van der Waals surface area contributed by atoms with E-state index in [0.29, 0.717) is 13.1 Å². The molecule has 0 radical (unpaired) electrons. The molecule has 0 unspecified atom stereocenters. The van der Waals surface area contributed by atoms with Crippen LogP contribution in [0.5, 0.6) is 0 Å². The standard InChI is InChI=1S/C15H17N3.C6H8.C3H6O2/c1-4-8-13-11(2)17-14(18-15(13)16-3)12-9-6-5-7-10-12;1-2-4-6-5-3-1;1-2-5-3-4/h4-7,9-10H,1,8H2,2-3H3,(H,16,17,18);1-4H,5-6H2;3H,2H2,1H3. The van der Waals surface area contributed by atoms with Crippen LogP contribution < -0.4 is 5.32 Å². The number of anilines is 1. The van der Waals surface area contributed by atoms with E-state index in [0.717, 1.165) is 34.9 Å². The summed E-state index contributed by atoms with van der Waals surface area (Å²) in [6.07, 6.45) is 13.6. The molecule has 1 aliphatic rings. The van der Waals surface area contributed by atoms with E-state index in [1.807, 2.05) is 50.4 Å². The number of hydrogen-bond donors (Lipinski definition) is 1. The van der Waals surface area contributed by atoms with E-state index in [-0.39, 0.29) is 0 Å². The van der Waals surface area contributed by atoms with Crippen LogP contribution in [0.15, 0.2) is 67.3 Å². The Morgan fingerprint density at radius 2 is 1.79 bits per heavy atom. The molecule has 5 nitrogen and oxygen atoms in total. The molecule has 0 aliphatic heterocycles. The molecular formula is C24H31N3O2. The van der Waals surface area contributed by atoms with Gasteiger partial charge in [0.25, 0.3) is 6.47 Å². The Labute approximate surface area is 174 Å². The lowest BCUT2D eigenvalue weighted by molar-refractivity contribution is -0.128. The van der Waals surface area contributed by atoms with Crippen molar-refractivity contribution in [2.24, 2.45) is 0 Å². The van der Waals surface area contributed by atoms with Gasteiger partial charge in [0, 0.05) is 23.9 Å². The zero-order chi connectivity index (χ0) is 21.3. The Morgan fingerprint density at radius 3 is 2.21 bits per heavy atom. The van der Waals surface area contributed by atoms with Gasteiger partial charge in [-0.15, -0.1) is 6.58 Å². The second-order valence-electron chi connectivity index (χ2n) is 6.05. The van der Waals surface area contributed by atoms with Crippen LogP contribution >= 0.6 is 0 Å². The topological polar surface area (TPSA) is 64.1 Å². The number of nitrogens with zero attached hydrogens (tertiary/aromatic N) is 2. The molecule has 0 atom stereocenters. The van der Waals surface area contributed by atoms with Crippen LogP contribution in [0.25, 0.3) is 11.4 Å². The van der Waals surface area contributed by atoms with Gasteiger partial charge < -0.3 is 10.1 Å². The molecule has 0 bridgehead atoms. The predicted octanol–water partition coefficient (Wildman–Crippen LogP) is 5.29. The maximum Gasteiger partial charge on any atom is 0.293 e. The van der Waals surface area contributed by atoms with Crippen molar-refractivity contribution in [2.75, 3.05) is 19.0 Å². The summed E-state index contributed by atoms with van der Waals surface area (Å²) in [6.45, 7) is 8.44. The van der Waals surface area contributed by atoms with E-state index in [2.05, 4.69) is 50.9 Å². The molecule has 0 fully saturated rings. The van der Waals surface area contributed by atoms with Crippen molar-refractivity contribution in [3.8, 4) is 11.4 Å². The van der Waals surface area contributed by atoms with Crippen LogP contribution in [0.1, 0.15) is 31.0 Å². The number of nitrogens with one attached hydrogen (secondary N) is 1. The van der Waals surface area contributed by atoms with Crippen molar-refractivity contribution in [3.63, 3.8) is 0 Å². The average molecular weight is 394 g/mol. The number of allylic oxidation sites excluding steroid dienone is 5. The van der Waals surface area contributed by atoms with E-state index >= 15 is 0 Å². The van der Waals surface area contributed by atoms with Gasteiger partial charge in [-0.2, -0.15) is 0 Å². The Bertz CT molecular complexity index is 787. The van der Waals surface area contributed by atoms with Gasteiger partial charge in [0.15, 0.2) is 5.82 Å². The number of aromatic nitrogens is 2. The fourth-order valence-electron chi connectivity index (χ4n) is 2.52. The number of hydrogen-bond acceptors (Lipinski definition) is 5. The summed E-state index contributed by atoms with van der Waals surface area (Å²) in [5.74, 6) is 1.63. The summed E-state index contributed by atoms with van der Waals surface area (Å²) in [7, 11) is 1.88. The lowest BCUT2D eigenvalue weighted by atomic mass is 10.1. The molecular weight excluding hydrogens is 362 g/mol. The van der Waals surface area contributed by atoms with Gasteiger partial charge in [0.2, 0.25) is 0 Å². The maximum absolute atomic E-state index is 9.18. The normalized spacial score (nSPS) is 11.3. The molecule has 0 saturated heterocycles. The number of rotatable bonds is 6. The lowest BCUT2D eigenvalue weighted by Crippen LogP contribution is -2.05. The summed E-state index contributed by atoms with van der Waals surface area (Å²) < 4.78 is 4.15. The Kier molecular flexibility index (Phi) is 12.2. The predicted molar refractivity (Wildman–Crippen MR) is 121 cm³/mol. The molecule has 3 rings (SSSR count). The highest BCUT2D eigenvalue weighted by Gasteiger charge is 2.10. The number of ether oxygens (including phenoxy) is 1. The highest BCUT2D eigenvalue weighted by molar-refractivity contribution is 5.59. The van der Waals surface area contributed by atoms with Crippen LogP contribution in [0.3, 0.4) is 0 Å². The minimum atomic E-state index is 0.431. The molecule has 0 amide bonds. The van der Waals surface area contributed by atoms with Crippen LogP contribution in [-0.4, -0.2) is 30.1 Å². The second kappa shape index (κ2) is 14.8. The molecule has 2 aromatic rings. The van der Waals surface area contributed by atoms with Gasteiger partial charge in [-0.05, 0) is 33.1 Å². The fourth-order valence-corrected chi connectivity index (χ4v) is 2.52. The number of carbonyl (C=O) groups excluding carboxylic acids is 1. The SMILES string of the molecule is C1=CCCC=C1.C=CCc1c(C)nc(-c2ccccc2)nc1NC.CCOC=O. The molecule has 0 saturated carbocycles. The van der Waals surface area contributed by atoms with Gasteiger partial charge in [0.1, 0.15) is 5.82 Å². The fraction of sp³-hybridized carbons (Fsp3) is 0.292. The second-order valence-corrected chi connectivity index (χ2v) is 6.05. The summed E-state index contributed by atoms with van der Waals surface area (Å²) in [5, 5.41) is 3.13. The van der Waals surface area contributed by atoms with E-state index in [4.69, 9.17) is 0 Å². The van der Waals surface area contributed by atoms with Crippen molar-refractivity contribution in [2.45, 2.75) is 33.1 Å². The molecule has 154 valence electrons. The van der Waals surface area contributed by atoms with Gasteiger partial charge in [-0.1, -0.05) is 60.7 Å². The van der Waals surface area contributed by atoms with Crippen LogP contribution in [-0.2, 0) is 16.0 Å². The third kappa shape index (κ3) is 9.02. The average Bonchev–Trinajstić information content (AvgIpc) is 2.78. The van der Waals surface area contributed by atoms with Gasteiger partial charge in [-0.25, -0.2) is 9.97 Å².